The molecule has 2 aliphatic rings. The van der Waals surface area contributed by atoms with Gasteiger partial charge in [-0.25, -0.2) is 5.10 Å². The van der Waals surface area contributed by atoms with E-state index in [9.17, 15) is 4.79 Å². The summed E-state index contributed by atoms with van der Waals surface area (Å²) in [5.41, 5.74) is 4.71. The zero-order valence-electron chi connectivity index (χ0n) is 21.5. The van der Waals surface area contributed by atoms with E-state index in [2.05, 4.69) is 44.9 Å². The summed E-state index contributed by atoms with van der Waals surface area (Å²) in [6.07, 6.45) is 5.63. The number of methoxy groups -OCH3 is 2. The van der Waals surface area contributed by atoms with E-state index in [0.29, 0.717) is 24.9 Å². The highest BCUT2D eigenvalue weighted by Gasteiger charge is 2.31. The molecule has 2 aliphatic heterocycles. The number of aromatic nitrogens is 3. The quantitative estimate of drug-likeness (QED) is 0.357. The van der Waals surface area contributed by atoms with E-state index in [0.717, 1.165) is 64.3 Å². The van der Waals surface area contributed by atoms with Crippen LogP contribution in [0.25, 0.3) is 22.0 Å². The van der Waals surface area contributed by atoms with Gasteiger partial charge in [-0.2, -0.15) is 5.10 Å². The first-order valence-corrected chi connectivity index (χ1v) is 12.9. The number of ketones is 1. The van der Waals surface area contributed by atoms with Crippen molar-refractivity contribution in [2.24, 2.45) is 5.92 Å². The summed E-state index contributed by atoms with van der Waals surface area (Å²) in [5.74, 6) is 2.10. The lowest BCUT2D eigenvalue weighted by Crippen LogP contribution is -2.49. The molecule has 8 heteroatoms. The molecule has 4 aromatic rings. The zero-order chi connectivity index (χ0) is 25.5. The SMILES string of the molecule is CCN1CCC1Cn1cc(C(=O)C2COc3ccc(OC)cc3C2)c2ccc(-c3cn[nH]c3OC)cc21. The third-order valence-electron chi connectivity index (χ3n) is 7.89. The van der Waals surface area contributed by atoms with Gasteiger partial charge in [0.2, 0.25) is 5.88 Å². The third-order valence-corrected chi connectivity index (χ3v) is 7.89. The van der Waals surface area contributed by atoms with Crippen molar-refractivity contribution in [3.8, 4) is 28.5 Å². The van der Waals surface area contributed by atoms with Gasteiger partial charge in [0.05, 0.1) is 38.5 Å². The molecule has 8 nitrogen and oxygen atoms in total. The monoisotopic (exact) mass is 500 g/mol. The summed E-state index contributed by atoms with van der Waals surface area (Å²) in [4.78, 5) is 16.4. The predicted molar refractivity (Wildman–Crippen MR) is 142 cm³/mol. The van der Waals surface area contributed by atoms with Crippen LogP contribution in [0.15, 0.2) is 48.8 Å². The number of H-pyrrole nitrogens is 1. The lowest BCUT2D eigenvalue weighted by molar-refractivity contribution is 0.0836. The van der Waals surface area contributed by atoms with Crippen molar-refractivity contribution in [2.45, 2.75) is 32.4 Å². The van der Waals surface area contributed by atoms with Gasteiger partial charge >= 0.3 is 0 Å². The van der Waals surface area contributed by atoms with Gasteiger partial charge in [0, 0.05) is 41.8 Å². The van der Waals surface area contributed by atoms with Gasteiger partial charge in [-0.3, -0.25) is 9.69 Å². The van der Waals surface area contributed by atoms with Gasteiger partial charge < -0.3 is 18.8 Å². The topological polar surface area (TPSA) is 81.6 Å². The molecule has 2 aromatic carbocycles. The lowest BCUT2D eigenvalue weighted by atomic mass is 9.89. The lowest BCUT2D eigenvalue weighted by Gasteiger charge is -2.40. The summed E-state index contributed by atoms with van der Waals surface area (Å²) in [7, 11) is 3.28. The highest BCUT2D eigenvalue weighted by atomic mass is 16.5. The maximum atomic E-state index is 13.9. The molecule has 2 atom stereocenters. The van der Waals surface area contributed by atoms with E-state index in [-0.39, 0.29) is 11.7 Å². The second kappa shape index (κ2) is 9.59. The molecule has 0 saturated carbocycles. The number of benzene rings is 2. The van der Waals surface area contributed by atoms with Crippen LogP contribution in [0, 0.1) is 5.92 Å². The maximum absolute atomic E-state index is 13.9. The number of carbonyl (C=O) groups excluding carboxylic acids is 1. The van der Waals surface area contributed by atoms with Crippen molar-refractivity contribution < 1.29 is 19.0 Å². The Morgan fingerprint density at radius 3 is 2.84 bits per heavy atom. The zero-order valence-corrected chi connectivity index (χ0v) is 21.5. The third kappa shape index (κ3) is 4.15. The minimum absolute atomic E-state index is 0.117. The molecule has 0 amide bonds. The normalized spacial score (nSPS) is 19.2. The smallest absolute Gasteiger partial charge is 0.216 e. The van der Waals surface area contributed by atoms with Gasteiger partial charge in [-0.1, -0.05) is 19.1 Å². The second-order valence-corrected chi connectivity index (χ2v) is 9.87. The molecule has 0 bridgehead atoms. The standard InChI is InChI=1S/C29H32N4O4/c1-4-32-10-9-21(32)15-33-16-25(23-7-5-18(13-26(23)33)24-14-30-31-29(24)36-3)28(34)20-11-19-12-22(35-2)6-8-27(19)37-17-20/h5-8,12-14,16,20-21H,4,9-11,15,17H2,1-3H3,(H,30,31). The molecule has 1 fully saturated rings. The number of nitrogens with one attached hydrogen (secondary N) is 1. The first-order chi connectivity index (χ1) is 18.1. The molecule has 192 valence electrons. The number of rotatable bonds is 8. The summed E-state index contributed by atoms with van der Waals surface area (Å²) < 4.78 is 19.1. The van der Waals surface area contributed by atoms with Gasteiger partial charge in [-0.15, -0.1) is 0 Å². The van der Waals surface area contributed by atoms with Crippen LogP contribution >= 0.6 is 0 Å². The number of ether oxygens (including phenoxy) is 3. The molecule has 2 aromatic heterocycles. The number of fused-ring (bicyclic) bond motifs is 2. The Hall–Kier alpha value is -3.78. The Balaban J connectivity index is 1.37. The van der Waals surface area contributed by atoms with Crippen molar-refractivity contribution in [3.05, 3.63) is 59.9 Å². The number of nitrogens with zero attached hydrogens (tertiary/aromatic N) is 3. The largest absolute Gasteiger partial charge is 0.497 e. The fraction of sp³-hybridized carbons (Fsp3) is 0.379. The summed E-state index contributed by atoms with van der Waals surface area (Å²) in [6.45, 7) is 5.60. The number of carbonyl (C=O) groups is 1. The van der Waals surface area contributed by atoms with Crippen LogP contribution in [-0.2, 0) is 13.0 Å². The van der Waals surface area contributed by atoms with Crippen LogP contribution in [0.3, 0.4) is 0 Å². The number of hydrogen-bond acceptors (Lipinski definition) is 6. The molecule has 37 heavy (non-hydrogen) atoms. The summed E-state index contributed by atoms with van der Waals surface area (Å²) >= 11 is 0. The molecule has 0 spiro atoms. The Labute approximate surface area is 216 Å². The van der Waals surface area contributed by atoms with Crippen LogP contribution in [0.2, 0.25) is 0 Å². The fourth-order valence-corrected chi connectivity index (χ4v) is 5.67. The van der Waals surface area contributed by atoms with Crippen molar-refractivity contribution in [3.63, 3.8) is 0 Å². The van der Waals surface area contributed by atoms with Crippen molar-refractivity contribution in [1.29, 1.82) is 0 Å². The molecular formula is C29H32N4O4. The number of Topliss-reactive ketones (excluding diaryl/α,β-unsaturated/α-hetero) is 1. The van der Waals surface area contributed by atoms with Crippen molar-refractivity contribution in [1.82, 2.24) is 19.7 Å². The Kier molecular flexibility index (Phi) is 6.12. The van der Waals surface area contributed by atoms with E-state index in [1.165, 1.54) is 6.42 Å². The van der Waals surface area contributed by atoms with Gasteiger partial charge in [0.1, 0.15) is 11.5 Å². The predicted octanol–water partition coefficient (Wildman–Crippen LogP) is 4.58. The minimum Gasteiger partial charge on any atom is -0.497 e. The molecule has 0 aliphatic carbocycles. The van der Waals surface area contributed by atoms with Crippen molar-refractivity contribution >= 4 is 16.7 Å². The Morgan fingerprint density at radius 1 is 1.19 bits per heavy atom. The Bertz CT molecular complexity index is 1450. The molecule has 6 rings (SSSR count). The van der Waals surface area contributed by atoms with Crippen molar-refractivity contribution in [2.75, 3.05) is 33.9 Å². The number of likely N-dealkylation sites (N-methyl/N-ethyl adjacent to an activating group) is 1. The number of likely N-dealkylation sites (tertiary alicyclic amines) is 1. The molecule has 2 unspecified atom stereocenters. The van der Waals surface area contributed by atoms with Crippen LogP contribution in [0.5, 0.6) is 17.4 Å². The van der Waals surface area contributed by atoms with E-state index < -0.39 is 0 Å². The highest BCUT2D eigenvalue weighted by Crippen LogP contribution is 2.36. The van der Waals surface area contributed by atoms with Gasteiger partial charge in [-0.05, 0) is 54.8 Å². The van der Waals surface area contributed by atoms with Crippen LogP contribution < -0.4 is 14.2 Å². The average Bonchev–Trinajstić information content (AvgIpc) is 3.54. The van der Waals surface area contributed by atoms with Gasteiger partial charge in [0.15, 0.2) is 5.78 Å². The molecular weight excluding hydrogens is 468 g/mol. The number of hydrogen-bond donors (Lipinski definition) is 1. The molecule has 4 heterocycles. The first kappa shape index (κ1) is 23.6. The molecule has 1 saturated heterocycles. The highest BCUT2D eigenvalue weighted by molar-refractivity contribution is 6.10. The van der Waals surface area contributed by atoms with Gasteiger partial charge in [0.25, 0.3) is 0 Å². The minimum atomic E-state index is -0.247. The van der Waals surface area contributed by atoms with E-state index in [1.807, 2.05) is 24.3 Å². The fourth-order valence-electron chi connectivity index (χ4n) is 5.67. The molecule has 1 N–H and O–H groups in total. The summed E-state index contributed by atoms with van der Waals surface area (Å²) in [5, 5.41) is 8.02. The van der Waals surface area contributed by atoms with Crippen LogP contribution in [0.1, 0.15) is 29.3 Å². The van der Waals surface area contributed by atoms with Crippen LogP contribution in [0.4, 0.5) is 0 Å². The molecule has 0 radical (unpaired) electrons. The maximum Gasteiger partial charge on any atom is 0.216 e. The average molecular weight is 501 g/mol. The second-order valence-electron chi connectivity index (χ2n) is 9.87. The van der Waals surface area contributed by atoms with E-state index in [1.54, 1.807) is 20.4 Å². The van der Waals surface area contributed by atoms with E-state index in [4.69, 9.17) is 14.2 Å². The summed E-state index contributed by atoms with van der Waals surface area (Å²) in [6, 6.07) is 12.5. The first-order valence-electron chi connectivity index (χ1n) is 12.9. The van der Waals surface area contributed by atoms with E-state index >= 15 is 0 Å². The Morgan fingerprint density at radius 2 is 2.08 bits per heavy atom. The number of aromatic amines is 1. The van der Waals surface area contributed by atoms with Crippen LogP contribution in [-0.4, -0.2) is 65.4 Å².